The van der Waals surface area contributed by atoms with Gasteiger partial charge in [-0.05, 0) is 24.3 Å². The van der Waals surface area contributed by atoms with Gasteiger partial charge < -0.3 is 24.3 Å². The van der Waals surface area contributed by atoms with Gasteiger partial charge in [-0.2, -0.15) is 0 Å². The number of rotatable bonds is 7. The van der Waals surface area contributed by atoms with Crippen LogP contribution in [0, 0.1) is 0 Å². The van der Waals surface area contributed by atoms with Crippen molar-refractivity contribution in [2.45, 2.75) is 0 Å². The number of hydrogen-bond donors (Lipinski definition) is 3. The lowest BCUT2D eigenvalue weighted by molar-refractivity contribution is 0.0323. The Hall–Kier alpha value is -3.56. The third-order valence-electron chi connectivity index (χ3n) is 4.92. The fourth-order valence-electron chi connectivity index (χ4n) is 3.37. The van der Waals surface area contributed by atoms with Crippen LogP contribution in [0.3, 0.4) is 0 Å². The van der Waals surface area contributed by atoms with E-state index in [0.717, 1.165) is 38.2 Å². The smallest absolute Gasteiger partial charge is 0.409 e. The molecule has 1 aliphatic heterocycles. The van der Waals surface area contributed by atoms with Crippen LogP contribution in [0.25, 0.3) is 11.0 Å². The average molecular weight is 425 g/mol. The van der Waals surface area contributed by atoms with E-state index in [0.29, 0.717) is 23.6 Å². The molecule has 3 N–H and O–H groups in total. The van der Waals surface area contributed by atoms with Crippen molar-refractivity contribution >= 4 is 34.3 Å². The van der Waals surface area contributed by atoms with Crippen LogP contribution in [-0.4, -0.2) is 61.5 Å². The number of morpholine rings is 1. The minimum absolute atomic E-state index is 0.101. The number of ether oxygens (including phenoxy) is 2. The van der Waals surface area contributed by atoms with Gasteiger partial charge in [-0.1, -0.05) is 24.3 Å². The van der Waals surface area contributed by atoms with E-state index in [9.17, 15) is 9.59 Å². The second-order valence-corrected chi connectivity index (χ2v) is 7.02. The van der Waals surface area contributed by atoms with Crippen molar-refractivity contribution in [3.8, 4) is 5.75 Å². The highest BCUT2D eigenvalue weighted by atomic mass is 16.5. The van der Waals surface area contributed by atoms with Crippen LogP contribution in [0.15, 0.2) is 52.9 Å². The lowest BCUT2D eigenvalue weighted by atomic mass is 10.2. The second-order valence-electron chi connectivity index (χ2n) is 7.02. The maximum absolute atomic E-state index is 12.7. The number of carbonyl (C=O) groups is 2. The van der Waals surface area contributed by atoms with Crippen molar-refractivity contribution in [3.05, 3.63) is 54.3 Å². The minimum atomic E-state index is -1.22. The van der Waals surface area contributed by atoms with Gasteiger partial charge in [0.1, 0.15) is 6.61 Å². The summed E-state index contributed by atoms with van der Waals surface area (Å²) in [4.78, 5) is 25.9. The van der Waals surface area contributed by atoms with Gasteiger partial charge in [-0.15, -0.1) is 0 Å². The maximum Gasteiger partial charge on any atom is 0.409 e. The Morgan fingerprint density at radius 1 is 1.03 bits per heavy atom. The minimum Gasteiger partial charge on any atom is -0.488 e. The van der Waals surface area contributed by atoms with Crippen LogP contribution in [0.5, 0.6) is 5.75 Å². The molecular formula is C22H23N3O6. The highest BCUT2D eigenvalue weighted by molar-refractivity contribution is 6.07. The van der Waals surface area contributed by atoms with Crippen molar-refractivity contribution in [2.75, 3.05) is 50.1 Å². The zero-order valence-corrected chi connectivity index (χ0v) is 16.8. The lowest BCUT2D eigenvalue weighted by Crippen LogP contribution is -2.38. The molecule has 0 aliphatic carbocycles. The van der Waals surface area contributed by atoms with Gasteiger partial charge in [-0.3, -0.25) is 15.0 Å². The molecule has 0 bridgehead atoms. The first-order valence-corrected chi connectivity index (χ1v) is 9.96. The molecule has 9 nitrogen and oxygen atoms in total. The van der Waals surface area contributed by atoms with E-state index in [4.69, 9.17) is 19.0 Å². The number of furan rings is 1. The first kappa shape index (κ1) is 20.7. The highest BCUT2D eigenvalue weighted by Gasteiger charge is 2.17. The van der Waals surface area contributed by atoms with Gasteiger partial charge in [0.05, 0.1) is 24.6 Å². The summed E-state index contributed by atoms with van der Waals surface area (Å²) < 4.78 is 17.0. The Labute approximate surface area is 178 Å². The van der Waals surface area contributed by atoms with Crippen LogP contribution in [0.4, 0.5) is 16.2 Å². The molecule has 4 rings (SSSR count). The molecule has 2 heterocycles. The molecule has 0 unspecified atom stereocenters. The van der Waals surface area contributed by atoms with Crippen LogP contribution in [0.1, 0.15) is 10.6 Å². The third-order valence-corrected chi connectivity index (χ3v) is 4.92. The number of carboxylic acid groups (broad SMARTS) is 1. The predicted molar refractivity (Wildman–Crippen MR) is 115 cm³/mol. The molecule has 2 aromatic carbocycles. The largest absolute Gasteiger partial charge is 0.488 e. The van der Waals surface area contributed by atoms with Crippen LogP contribution in [-0.2, 0) is 4.74 Å². The van der Waals surface area contributed by atoms with Crippen LogP contribution >= 0.6 is 0 Å². The van der Waals surface area contributed by atoms with E-state index >= 15 is 0 Å². The number of benzene rings is 2. The normalized spacial score (nSPS) is 14.3. The Kier molecular flexibility index (Phi) is 6.34. The fraction of sp³-hybridized carbons (Fsp3) is 0.273. The van der Waals surface area contributed by atoms with Crippen LogP contribution in [0.2, 0.25) is 0 Å². The summed E-state index contributed by atoms with van der Waals surface area (Å²) in [5, 5.41) is 14.6. The van der Waals surface area contributed by atoms with E-state index in [-0.39, 0.29) is 11.4 Å². The summed E-state index contributed by atoms with van der Waals surface area (Å²) in [6.45, 7) is 4.51. The highest BCUT2D eigenvalue weighted by Crippen LogP contribution is 2.30. The quantitative estimate of drug-likeness (QED) is 0.531. The Bertz CT molecular complexity index is 1070. The van der Waals surface area contributed by atoms with Crippen LogP contribution < -0.4 is 15.4 Å². The summed E-state index contributed by atoms with van der Waals surface area (Å²) >= 11 is 0. The van der Waals surface area contributed by atoms with Crippen molar-refractivity contribution in [1.29, 1.82) is 0 Å². The Morgan fingerprint density at radius 3 is 2.52 bits per heavy atom. The van der Waals surface area contributed by atoms with E-state index in [1.54, 1.807) is 36.4 Å². The molecule has 1 aromatic heterocycles. The molecule has 0 radical (unpaired) electrons. The van der Waals surface area contributed by atoms with Gasteiger partial charge in [0.25, 0.3) is 5.91 Å². The molecule has 0 spiro atoms. The van der Waals surface area contributed by atoms with E-state index < -0.39 is 12.0 Å². The Morgan fingerprint density at radius 2 is 1.77 bits per heavy atom. The zero-order valence-electron chi connectivity index (χ0n) is 16.8. The number of nitrogens with one attached hydrogen (secondary N) is 2. The topological polar surface area (TPSA) is 113 Å². The molecule has 2 amide bonds. The number of fused-ring (bicyclic) bond motifs is 1. The molecule has 162 valence electrons. The molecule has 0 saturated carbocycles. The standard InChI is InChI=1S/C22H23N3O6/c26-21(23-16-5-1-2-6-17(16)24-22(27)28)19-14-15-4-3-7-18(20(15)31-19)30-13-10-25-8-11-29-12-9-25/h1-7,14,24H,8-13H2,(H,23,26)(H,27,28). The summed E-state index contributed by atoms with van der Waals surface area (Å²) in [5.41, 5.74) is 1.09. The maximum atomic E-state index is 12.7. The van der Waals surface area contributed by atoms with Gasteiger partial charge in [0.15, 0.2) is 17.1 Å². The Balaban J connectivity index is 1.46. The van der Waals surface area contributed by atoms with E-state index in [1.807, 2.05) is 12.1 Å². The molecule has 1 aliphatic rings. The number of anilines is 2. The molecule has 31 heavy (non-hydrogen) atoms. The first-order valence-electron chi connectivity index (χ1n) is 9.96. The number of hydrogen-bond acceptors (Lipinski definition) is 6. The van der Waals surface area contributed by atoms with Crippen molar-refractivity contribution in [3.63, 3.8) is 0 Å². The predicted octanol–water partition coefficient (Wildman–Crippen LogP) is 3.49. The molecule has 1 saturated heterocycles. The van der Waals surface area contributed by atoms with E-state index in [1.165, 1.54) is 0 Å². The third kappa shape index (κ3) is 5.14. The molecule has 9 heteroatoms. The van der Waals surface area contributed by atoms with Gasteiger partial charge in [-0.25, -0.2) is 4.79 Å². The number of amides is 2. The van der Waals surface area contributed by atoms with Crippen molar-refractivity contribution in [2.24, 2.45) is 0 Å². The zero-order chi connectivity index (χ0) is 21.6. The number of para-hydroxylation sites is 3. The average Bonchev–Trinajstić information content (AvgIpc) is 3.21. The molecule has 1 fully saturated rings. The van der Waals surface area contributed by atoms with Gasteiger partial charge in [0.2, 0.25) is 0 Å². The summed E-state index contributed by atoms with van der Waals surface area (Å²) in [6, 6.07) is 13.6. The summed E-state index contributed by atoms with van der Waals surface area (Å²) in [7, 11) is 0. The SMILES string of the molecule is O=C(O)Nc1ccccc1NC(=O)c1cc2cccc(OCCN3CCOCC3)c2o1. The van der Waals surface area contributed by atoms with Crippen molar-refractivity contribution < 1.29 is 28.6 Å². The molecule has 0 atom stereocenters. The lowest BCUT2D eigenvalue weighted by Gasteiger charge is -2.26. The summed E-state index contributed by atoms with van der Waals surface area (Å²) in [5.74, 6) is 0.178. The van der Waals surface area contributed by atoms with Gasteiger partial charge in [0, 0.05) is 25.0 Å². The van der Waals surface area contributed by atoms with Gasteiger partial charge >= 0.3 is 6.09 Å². The second kappa shape index (κ2) is 9.50. The fourth-order valence-corrected chi connectivity index (χ4v) is 3.37. The number of nitrogens with zero attached hydrogens (tertiary/aromatic N) is 1. The van der Waals surface area contributed by atoms with E-state index in [2.05, 4.69) is 15.5 Å². The first-order chi connectivity index (χ1) is 15.1. The summed E-state index contributed by atoms with van der Waals surface area (Å²) in [6.07, 6.45) is -1.22. The molecule has 3 aromatic rings. The molecular weight excluding hydrogens is 402 g/mol. The monoisotopic (exact) mass is 425 g/mol. The number of carbonyl (C=O) groups excluding carboxylic acids is 1. The van der Waals surface area contributed by atoms with Crippen molar-refractivity contribution in [1.82, 2.24) is 4.90 Å².